The smallest absolute Gasteiger partial charge is 1.00 e. The van der Waals surface area contributed by atoms with E-state index in [-0.39, 0.29) is 24.8 Å². The molecule has 6 aromatic rings. The van der Waals surface area contributed by atoms with E-state index in [0.29, 0.717) is 6.04 Å². The molecule has 0 bridgehead atoms. The van der Waals surface area contributed by atoms with E-state index in [1.165, 1.54) is 154 Å². The predicted octanol–water partition coefficient (Wildman–Crippen LogP) is 9.16. The summed E-state index contributed by atoms with van der Waals surface area (Å²) >= 11 is 1.29. The number of alkyl halides is 3. The molecular formula is C50H57Cl2F3SiZr-2. The molecule has 0 heterocycles. The van der Waals surface area contributed by atoms with Gasteiger partial charge in [-0.25, -0.2) is 0 Å². The van der Waals surface area contributed by atoms with Crippen LogP contribution in [0.15, 0.2) is 109 Å². The number of hydrogen-bond donors (Lipinski definition) is 0. The number of benzene rings is 4. The van der Waals surface area contributed by atoms with Crippen molar-refractivity contribution >= 4 is 27.0 Å². The second kappa shape index (κ2) is 22.8. The number of halogens is 5. The van der Waals surface area contributed by atoms with Crippen LogP contribution in [-0.2, 0) is 49.0 Å². The van der Waals surface area contributed by atoms with Gasteiger partial charge in [0.25, 0.3) is 0 Å². The van der Waals surface area contributed by atoms with E-state index < -0.39 is 18.0 Å². The maximum absolute atomic E-state index is 11.4. The van der Waals surface area contributed by atoms with Crippen LogP contribution >= 0.6 is 0 Å². The van der Waals surface area contributed by atoms with Crippen molar-refractivity contribution in [1.82, 2.24) is 0 Å². The molecule has 7 heteroatoms. The van der Waals surface area contributed by atoms with Gasteiger partial charge in [0.1, 0.15) is 0 Å². The van der Waals surface area contributed by atoms with E-state index in [4.69, 9.17) is 0 Å². The number of hydrogen-bond acceptors (Lipinski definition) is 0. The van der Waals surface area contributed by atoms with Gasteiger partial charge >= 0.3 is 67.1 Å². The van der Waals surface area contributed by atoms with Crippen molar-refractivity contribution in [2.75, 3.05) is 0 Å². The molecule has 2 saturated carbocycles. The zero-order valence-corrected chi connectivity index (χ0v) is 38.8. The van der Waals surface area contributed by atoms with Gasteiger partial charge in [-0.2, -0.15) is 12.1 Å². The van der Waals surface area contributed by atoms with Crippen molar-refractivity contribution < 1.29 is 61.3 Å². The molecule has 0 saturated heterocycles. The van der Waals surface area contributed by atoms with Crippen LogP contribution in [0.3, 0.4) is 0 Å². The molecule has 0 atom stereocenters. The first-order valence-corrected chi connectivity index (χ1v) is 26.6. The van der Waals surface area contributed by atoms with Crippen LogP contribution in [0.4, 0.5) is 13.2 Å². The fourth-order valence-corrected chi connectivity index (χ4v) is 10.2. The summed E-state index contributed by atoms with van der Waals surface area (Å²) in [7, 11) is 0. The Hall–Kier alpha value is -2.43. The molecule has 2 aliphatic carbocycles. The maximum atomic E-state index is 11.4. The Morgan fingerprint density at radius 2 is 1.00 bits per heavy atom. The average Bonchev–Trinajstić information content (AvgIpc) is 4.03. The fraction of sp³-hybridized carbons (Fsp3) is 0.400. The Bertz CT molecular complexity index is 1980. The van der Waals surface area contributed by atoms with Gasteiger partial charge < -0.3 is 24.8 Å². The summed E-state index contributed by atoms with van der Waals surface area (Å²) in [5.74, 6) is 1.83. The minimum Gasteiger partial charge on any atom is -1.00 e. The molecule has 0 aromatic heterocycles. The van der Waals surface area contributed by atoms with E-state index >= 15 is 0 Å². The van der Waals surface area contributed by atoms with Crippen molar-refractivity contribution in [3.63, 3.8) is 0 Å². The number of fused-ring (bicyclic) bond motifs is 2. The van der Waals surface area contributed by atoms with Gasteiger partial charge in [-0.3, -0.25) is 0 Å². The van der Waals surface area contributed by atoms with Crippen LogP contribution in [0.5, 0.6) is 0 Å². The summed E-state index contributed by atoms with van der Waals surface area (Å²) in [6.07, 6.45) is 11.6. The first kappa shape index (κ1) is 47.3. The normalized spacial score (nSPS) is 14.4. The van der Waals surface area contributed by atoms with Gasteiger partial charge in [-0.1, -0.05) is 137 Å². The van der Waals surface area contributed by atoms with E-state index in [0.717, 1.165) is 24.7 Å². The Kier molecular flexibility index (Phi) is 18.9. The van der Waals surface area contributed by atoms with Crippen LogP contribution in [-0.4, -0.2) is 11.6 Å². The fourth-order valence-electron chi connectivity index (χ4n) is 8.60. The largest absolute Gasteiger partial charge is 1.00 e. The number of rotatable bonds is 10. The summed E-state index contributed by atoms with van der Waals surface area (Å²) in [5, 5.41) is 5.64. The second-order valence-electron chi connectivity index (χ2n) is 16.0. The third kappa shape index (κ3) is 13.8. The second-order valence-corrected chi connectivity index (χ2v) is 24.4. The molecule has 8 rings (SSSR count). The van der Waals surface area contributed by atoms with E-state index in [2.05, 4.69) is 123 Å². The first-order chi connectivity index (χ1) is 26.6. The van der Waals surface area contributed by atoms with Gasteiger partial charge in [-0.05, 0) is 59.8 Å². The molecule has 0 aliphatic heterocycles. The SMILES string of the molecule is CCc1ccc(-c2cccc3[cH-]c(CC4CCCC4)cc23)cc1.CCc1ccc(-c2cccc3[cH-]c(CC4CCCC4)cc23)cc1.C[Si](=[Zr+2])CCC(F)(F)F.[Cl-].[Cl-]. The van der Waals surface area contributed by atoms with Gasteiger partial charge in [0.2, 0.25) is 0 Å². The summed E-state index contributed by atoms with van der Waals surface area (Å²) < 4.78 is 34.3. The monoisotopic (exact) mass is 902 g/mol. The molecule has 6 aromatic carbocycles. The Morgan fingerprint density at radius 3 is 1.32 bits per heavy atom. The Balaban J connectivity index is 0.000000204. The minimum atomic E-state index is -3.93. The van der Waals surface area contributed by atoms with E-state index in [9.17, 15) is 13.2 Å². The van der Waals surface area contributed by atoms with Crippen LogP contribution in [0, 0.1) is 11.8 Å². The summed E-state index contributed by atoms with van der Waals surface area (Å²) in [5.41, 5.74) is 10.7. The molecule has 0 N–H and O–H groups in total. The molecule has 2 fully saturated rings. The molecule has 0 radical (unpaired) electrons. The topological polar surface area (TPSA) is 0 Å². The van der Waals surface area contributed by atoms with Crippen molar-refractivity contribution in [1.29, 1.82) is 0 Å². The molecule has 0 nitrogen and oxygen atoms in total. The van der Waals surface area contributed by atoms with Crippen molar-refractivity contribution in [3.8, 4) is 22.3 Å². The van der Waals surface area contributed by atoms with Gasteiger partial charge in [-0.15, -0.1) is 69.1 Å². The summed E-state index contributed by atoms with van der Waals surface area (Å²) in [6, 6.07) is 41.7. The predicted molar refractivity (Wildman–Crippen MR) is 227 cm³/mol. The van der Waals surface area contributed by atoms with Crippen LogP contribution in [0.1, 0.15) is 93.9 Å². The Labute approximate surface area is 367 Å². The van der Waals surface area contributed by atoms with Crippen LogP contribution < -0.4 is 24.8 Å². The zero-order chi connectivity index (χ0) is 38.8. The molecule has 57 heavy (non-hydrogen) atoms. The van der Waals surface area contributed by atoms with E-state index in [1.807, 2.05) is 6.55 Å². The molecular weight excluding hydrogens is 848 g/mol. The van der Waals surface area contributed by atoms with Crippen LogP contribution in [0.2, 0.25) is 12.6 Å². The molecule has 0 amide bonds. The van der Waals surface area contributed by atoms with Gasteiger partial charge in [0.15, 0.2) is 0 Å². The molecule has 302 valence electrons. The van der Waals surface area contributed by atoms with Gasteiger partial charge in [0.05, 0.1) is 0 Å². The van der Waals surface area contributed by atoms with Crippen molar-refractivity contribution in [3.05, 3.63) is 131 Å². The summed E-state index contributed by atoms with van der Waals surface area (Å²) in [6.45, 7) is 6.35. The standard InChI is InChI=1S/2C23H25.C4H7F3Si.2ClH.Zr/c2*1-2-17-10-12-20(13-11-17)22-9-5-8-21-15-19(16-23(21)22)14-18-6-3-4-7-18;1-8-3-2-4(5,6)7;;;/h2*5,8-13,15-16,18H,2-4,6-7,14H2,1H3;2-3H2,1H3;2*1H;/q2*-1;;;;+2/p-2. The molecule has 0 spiro atoms. The molecule has 0 unspecified atom stereocenters. The minimum absolute atomic E-state index is 0. The third-order valence-electron chi connectivity index (χ3n) is 11.7. The Morgan fingerprint density at radius 1 is 0.614 bits per heavy atom. The van der Waals surface area contributed by atoms with E-state index in [1.54, 1.807) is 0 Å². The van der Waals surface area contributed by atoms with Crippen LogP contribution in [0.25, 0.3) is 43.8 Å². The van der Waals surface area contributed by atoms with Crippen molar-refractivity contribution in [2.24, 2.45) is 11.8 Å². The first-order valence-electron chi connectivity index (χ1n) is 20.7. The van der Waals surface area contributed by atoms with Crippen molar-refractivity contribution in [2.45, 2.75) is 116 Å². The van der Waals surface area contributed by atoms with Gasteiger partial charge in [0, 0.05) is 0 Å². The average molecular weight is 905 g/mol. The zero-order valence-electron chi connectivity index (χ0n) is 33.8. The number of aryl methyl sites for hydroxylation is 2. The quantitative estimate of drug-likeness (QED) is 0.0952. The molecule has 2 aliphatic rings. The third-order valence-corrected chi connectivity index (χ3v) is 14.6. The maximum Gasteiger partial charge on any atom is -1.00 e. The summed E-state index contributed by atoms with van der Waals surface area (Å²) in [4.78, 5) is 0.